The van der Waals surface area contributed by atoms with Crippen molar-refractivity contribution in [2.24, 2.45) is 0 Å². The second kappa shape index (κ2) is 3.71. The fraction of sp³-hybridized carbons (Fsp3) is 0.250. The van der Waals surface area contributed by atoms with E-state index in [9.17, 15) is 4.79 Å². The number of aromatic nitrogens is 1. The summed E-state index contributed by atoms with van der Waals surface area (Å²) in [5.74, 6) is 0.600. The van der Waals surface area contributed by atoms with Crippen LogP contribution in [0.3, 0.4) is 0 Å². The molecule has 1 aromatic rings. The summed E-state index contributed by atoms with van der Waals surface area (Å²) in [5.41, 5.74) is 0. The molecule has 0 atom stereocenters. The van der Waals surface area contributed by atoms with Crippen molar-refractivity contribution in [1.29, 1.82) is 0 Å². The zero-order valence-corrected chi connectivity index (χ0v) is 6.37. The predicted molar refractivity (Wildman–Crippen MR) is 43.2 cm³/mol. The smallest absolute Gasteiger partial charge is 0.225 e. The molecule has 0 aliphatic heterocycles. The third-order valence-electron chi connectivity index (χ3n) is 1.25. The molecule has 1 aromatic heterocycles. The second-order valence-electron chi connectivity index (χ2n) is 2.12. The number of carbonyl (C=O) groups excluding carboxylic acids is 1. The predicted octanol–water partition coefficient (Wildman–Crippen LogP) is 1.43. The molecular weight excluding hydrogens is 140 g/mol. The van der Waals surface area contributed by atoms with E-state index in [1.165, 1.54) is 0 Å². The van der Waals surface area contributed by atoms with Gasteiger partial charge in [-0.2, -0.15) is 0 Å². The minimum absolute atomic E-state index is 0.0105. The molecule has 1 amide bonds. The van der Waals surface area contributed by atoms with Gasteiger partial charge in [-0.15, -0.1) is 0 Å². The van der Waals surface area contributed by atoms with Gasteiger partial charge in [0.25, 0.3) is 0 Å². The van der Waals surface area contributed by atoms with Gasteiger partial charge in [-0.1, -0.05) is 13.0 Å². The summed E-state index contributed by atoms with van der Waals surface area (Å²) >= 11 is 0. The van der Waals surface area contributed by atoms with Crippen LogP contribution in [0.1, 0.15) is 13.3 Å². The van der Waals surface area contributed by atoms with Crippen LogP contribution >= 0.6 is 0 Å². The van der Waals surface area contributed by atoms with Crippen molar-refractivity contribution in [2.45, 2.75) is 13.3 Å². The zero-order valence-electron chi connectivity index (χ0n) is 6.37. The lowest BCUT2D eigenvalue weighted by atomic mass is 10.4. The Labute approximate surface area is 65.5 Å². The number of rotatable bonds is 2. The van der Waals surface area contributed by atoms with E-state index >= 15 is 0 Å². The summed E-state index contributed by atoms with van der Waals surface area (Å²) in [4.78, 5) is 14.8. The first kappa shape index (κ1) is 7.72. The van der Waals surface area contributed by atoms with E-state index in [1.807, 2.05) is 12.1 Å². The van der Waals surface area contributed by atoms with Gasteiger partial charge in [0.2, 0.25) is 5.91 Å². The number of nitrogens with one attached hydrogen (secondary N) is 1. The van der Waals surface area contributed by atoms with Crippen LogP contribution in [0.25, 0.3) is 0 Å². The molecule has 1 rings (SSSR count). The van der Waals surface area contributed by atoms with Crippen molar-refractivity contribution in [1.82, 2.24) is 4.98 Å². The highest BCUT2D eigenvalue weighted by Gasteiger charge is 1.96. The molecule has 1 N–H and O–H groups in total. The third kappa shape index (κ3) is 2.37. The van der Waals surface area contributed by atoms with Gasteiger partial charge in [0.15, 0.2) is 0 Å². The van der Waals surface area contributed by atoms with Gasteiger partial charge in [-0.3, -0.25) is 4.79 Å². The van der Waals surface area contributed by atoms with Crippen LogP contribution in [0, 0.1) is 0 Å². The second-order valence-corrected chi connectivity index (χ2v) is 2.12. The average Bonchev–Trinajstić information content (AvgIpc) is 2.06. The standard InChI is InChI=1S/C8H10N2O/c1-2-8(11)10-7-5-3-4-6-9-7/h3-6H,2H2,1H3,(H,9,10,11). The van der Waals surface area contributed by atoms with Crippen molar-refractivity contribution in [2.75, 3.05) is 5.32 Å². The fourth-order valence-corrected chi connectivity index (χ4v) is 0.668. The number of pyridine rings is 1. The summed E-state index contributed by atoms with van der Waals surface area (Å²) in [6.45, 7) is 1.80. The molecule has 0 saturated heterocycles. The van der Waals surface area contributed by atoms with Gasteiger partial charge >= 0.3 is 0 Å². The molecule has 0 radical (unpaired) electrons. The van der Waals surface area contributed by atoms with E-state index < -0.39 is 0 Å². The van der Waals surface area contributed by atoms with Crippen LogP contribution < -0.4 is 5.32 Å². The van der Waals surface area contributed by atoms with Crippen LogP contribution in [-0.2, 0) is 4.79 Å². The fourth-order valence-electron chi connectivity index (χ4n) is 0.668. The maximum absolute atomic E-state index is 10.8. The Hall–Kier alpha value is -1.38. The lowest BCUT2D eigenvalue weighted by molar-refractivity contribution is -0.115. The number of anilines is 1. The zero-order chi connectivity index (χ0) is 8.10. The summed E-state index contributed by atoms with van der Waals surface area (Å²) in [5, 5.41) is 2.64. The van der Waals surface area contributed by atoms with Crippen LogP contribution in [0.2, 0.25) is 0 Å². The first-order chi connectivity index (χ1) is 5.33. The Morgan fingerprint density at radius 2 is 2.45 bits per heavy atom. The molecule has 0 aliphatic rings. The molecule has 0 aromatic carbocycles. The number of nitrogens with zero attached hydrogens (tertiary/aromatic N) is 1. The van der Waals surface area contributed by atoms with Crippen LogP contribution in [-0.4, -0.2) is 10.9 Å². The Morgan fingerprint density at radius 1 is 1.64 bits per heavy atom. The molecule has 1 heterocycles. The van der Waals surface area contributed by atoms with Crippen molar-refractivity contribution in [3.8, 4) is 0 Å². The van der Waals surface area contributed by atoms with E-state index in [1.54, 1.807) is 19.2 Å². The lowest BCUT2D eigenvalue weighted by Gasteiger charge is -1.99. The minimum Gasteiger partial charge on any atom is -0.311 e. The van der Waals surface area contributed by atoms with Crippen molar-refractivity contribution in [3.63, 3.8) is 0 Å². The topological polar surface area (TPSA) is 42.0 Å². The Bertz CT molecular complexity index is 233. The molecular formula is C8H10N2O. The molecule has 0 spiro atoms. The third-order valence-corrected chi connectivity index (χ3v) is 1.25. The highest BCUT2D eigenvalue weighted by Crippen LogP contribution is 1.99. The number of carbonyl (C=O) groups is 1. The highest BCUT2D eigenvalue weighted by molar-refractivity contribution is 5.89. The van der Waals surface area contributed by atoms with E-state index in [0.29, 0.717) is 12.2 Å². The highest BCUT2D eigenvalue weighted by atomic mass is 16.1. The van der Waals surface area contributed by atoms with E-state index in [0.717, 1.165) is 0 Å². The quantitative estimate of drug-likeness (QED) is 0.692. The Morgan fingerprint density at radius 3 is 3.00 bits per heavy atom. The molecule has 3 nitrogen and oxygen atoms in total. The monoisotopic (exact) mass is 150 g/mol. The Balaban J connectivity index is 2.58. The number of amides is 1. The molecule has 58 valence electrons. The van der Waals surface area contributed by atoms with Gasteiger partial charge in [0.1, 0.15) is 5.82 Å². The van der Waals surface area contributed by atoms with Crippen LogP contribution in [0.4, 0.5) is 5.82 Å². The van der Waals surface area contributed by atoms with Crippen molar-refractivity contribution in [3.05, 3.63) is 24.4 Å². The van der Waals surface area contributed by atoms with Gasteiger partial charge in [0, 0.05) is 12.6 Å². The first-order valence-electron chi connectivity index (χ1n) is 3.54. The number of hydrogen-bond acceptors (Lipinski definition) is 2. The SMILES string of the molecule is CCC(=O)Nc1ccccn1. The number of hydrogen-bond donors (Lipinski definition) is 1. The summed E-state index contributed by atoms with van der Waals surface area (Å²) in [6, 6.07) is 5.40. The lowest BCUT2D eigenvalue weighted by Crippen LogP contribution is -2.10. The molecule has 0 fully saturated rings. The molecule has 11 heavy (non-hydrogen) atoms. The summed E-state index contributed by atoms with van der Waals surface area (Å²) < 4.78 is 0. The minimum atomic E-state index is -0.0105. The molecule has 3 heteroatoms. The van der Waals surface area contributed by atoms with E-state index in [4.69, 9.17) is 0 Å². The largest absolute Gasteiger partial charge is 0.311 e. The van der Waals surface area contributed by atoms with Gasteiger partial charge in [0.05, 0.1) is 0 Å². The van der Waals surface area contributed by atoms with Crippen LogP contribution in [0.15, 0.2) is 24.4 Å². The molecule has 0 aliphatic carbocycles. The van der Waals surface area contributed by atoms with Crippen LogP contribution in [0.5, 0.6) is 0 Å². The molecule has 0 unspecified atom stereocenters. The molecule has 0 saturated carbocycles. The summed E-state index contributed by atoms with van der Waals surface area (Å²) in [6.07, 6.45) is 2.13. The van der Waals surface area contributed by atoms with Crippen molar-refractivity contribution < 1.29 is 4.79 Å². The maximum Gasteiger partial charge on any atom is 0.225 e. The average molecular weight is 150 g/mol. The van der Waals surface area contributed by atoms with Crippen molar-refractivity contribution >= 4 is 11.7 Å². The van der Waals surface area contributed by atoms with Gasteiger partial charge in [-0.25, -0.2) is 4.98 Å². The van der Waals surface area contributed by atoms with E-state index in [-0.39, 0.29) is 5.91 Å². The summed E-state index contributed by atoms with van der Waals surface area (Å²) in [7, 11) is 0. The Kier molecular flexibility index (Phi) is 2.60. The first-order valence-corrected chi connectivity index (χ1v) is 3.54. The maximum atomic E-state index is 10.8. The van der Waals surface area contributed by atoms with Gasteiger partial charge < -0.3 is 5.32 Å². The molecule has 0 bridgehead atoms. The normalized spacial score (nSPS) is 9.18. The van der Waals surface area contributed by atoms with Gasteiger partial charge in [-0.05, 0) is 12.1 Å². The van der Waals surface area contributed by atoms with E-state index in [2.05, 4.69) is 10.3 Å².